The van der Waals surface area contributed by atoms with Crippen LogP contribution in [0.4, 0.5) is 0 Å². The van der Waals surface area contributed by atoms with Gasteiger partial charge in [0.05, 0.1) is 24.4 Å². The number of methoxy groups -OCH3 is 1. The number of H-pyrrole nitrogens is 1. The first kappa shape index (κ1) is 10.2. The maximum Gasteiger partial charge on any atom is 0.317 e. The number of nitrogens with one attached hydrogen (secondary N) is 1. The second-order valence-electron chi connectivity index (χ2n) is 3.19. The molecule has 1 aromatic heterocycles. The number of fused-ring (bicyclic) bond motifs is 1. The van der Waals surface area contributed by atoms with Gasteiger partial charge >= 0.3 is 5.97 Å². The summed E-state index contributed by atoms with van der Waals surface area (Å²) in [7, 11) is 1.35. The van der Waals surface area contributed by atoms with E-state index in [4.69, 9.17) is 0 Å². The van der Waals surface area contributed by atoms with Crippen LogP contribution in [-0.2, 0) is 9.53 Å². The van der Waals surface area contributed by atoms with Crippen LogP contribution in [0.3, 0.4) is 0 Å². The Morgan fingerprint density at radius 3 is 3.25 bits per heavy atom. The molecule has 4 heteroatoms. The summed E-state index contributed by atoms with van der Waals surface area (Å²) in [6, 6.07) is 5.73. The molecule has 2 rings (SSSR count). The van der Waals surface area contributed by atoms with E-state index in [9.17, 15) is 4.79 Å². The predicted molar refractivity (Wildman–Crippen MR) is 59.6 cm³/mol. The fourth-order valence-electron chi connectivity index (χ4n) is 1.36. The molecule has 0 atom stereocenters. The molecule has 0 aliphatic heterocycles. The lowest BCUT2D eigenvalue weighted by molar-refractivity contribution is -0.139. The number of benzene rings is 1. The highest BCUT2D eigenvalue weighted by atomic mass is 16.5. The van der Waals surface area contributed by atoms with Gasteiger partial charge in [-0.2, -0.15) is 5.10 Å². The number of hydrogen-bond donors (Lipinski definition) is 1. The Morgan fingerprint density at radius 2 is 2.44 bits per heavy atom. The molecule has 0 spiro atoms. The number of carbonyl (C=O) groups is 1. The summed E-state index contributed by atoms with van der Waals surface area (Å²) in [5, 5.41) is 7.81. The number of nitrogens with zero attached hydrogens (tertiary/aromatic N) is 1. The van der Waals surface area contributed by atoms with Gasteiger partial charge in [-0.05, 0) is 6.07 Å². The Labute approximate surface area is 92.6 Å². The summed E-state index contributed by atoms with van der Waals surface area (Å²) in [6.45, 7) is 0. The molecule has 0 unspecified atom stereocenters. The highest BCUT2D eigenvalue weighted by molar-refractivity contribution is 5.84. The van der Waals surface area contributed by atoms with Gasteiger partial charge in [0.1, 0.15) is 6.42 Å². The normalized spacial score (nSPS) is 9.56. The number of ether oxygens (including phenoxy) is 1. The molecular formula is C12H10N2O2. The monoisotopic (exact) mass is 214 g/mol. The van der Waals surface area contributed by atoms with Crippen molar-refractivity contribution < 1.29 is 9.53 Å². The largest absolute Gasteiger partial charge is 0.468 e. The molecule has 16 heavy (non-hydrogen) atoms. The highest BCUT2D eigenvalue weighted by Gasteiger charge is 1.99. The zero-order chi connectivity index (χ0) is 11.4. The lowest BCUT2D eigenvalue weighted by Crippen LogP contribution is -1.97. The van der Waals surface area contributed by atoms with Gasteiger partial charge in [-0.25, -0.2) is 0 Å². The summed E-state index contributed by atoms with van der Waals surface area (Å²) >= 11 is 0. The molecule has 1 heterocycles. The second kappa shape index (κ2) is 4.49. The van der Waals surface area contributed by atoms with E-state index >= 15 is 0 Å². The molecule has 80 valence electrons. The SMILES string of the molecule is COC(=O)CC#Cc1cccc2cn[nH]c12. The third-order valence-corrected chi connectivity index (χ3v) is 2.16. The van der Waals surface area contributed by atoms with Crippen LogP contribution >= 0.6 is 0 Å². The molecule has 2 aromatic rings. The lowest BCUT2D eigenvalue weighted by Gasteiger charge is -1.92. The van der Waals surface area contributed by atoms with E-state index in [1.54, 1.807) is 6.20 Å². The Morgan fingerprint density at radius 1 is 1.56 bits per heavy atom. The van der Waals surface area contributed by atoms with Crippen LogP contribution in [0, 0.1) is 11.8 Å². The van der Waals surface area contributed by atoms with Crippen molar-refractivity contribution in [3.8, 4) is 11.8 Å². The van der Waals surface area contributed by atoms with Crippen LogP contribution in [0.1, 0.15) is 12.0 Å². The summed E-state index contributed by atoms with van der Waals surface area (Å²) in [5.74, 6) is 5.35. The molecule has 1 N–H and O–H groups in total. The Bertz CT molecular complexity index is 575. The van der Waals surface area contributed by atoms with Crippen molar-refractivity contribution in [3.63, 3.8) is 0 Å². The van der Waals surface area contributed by atoms with E-state index in [1.165, 1.54) is 7.11 Å². The van der Waals surface area contributed by atoms with E-state index < -0.39 is 0 Å². The van der Waals surface area contributed by atoms with Crippen LogP contribution in [-0.4, -0.2) is 23.3 Å². The molecule has 4 nitrogen and oxygen atoms in total. The van der Waals surface area contributed by atoms with Crippen molar-refractivity contribution in [1.82, 2.24) is 10.2 Å². The molecule has 0 fully saturated rings. The van der Waals surface area contributed by atoms with Gasteiger partial charge in [-0.1, -0.05) is 24.0 Å². The van der Waals surface area contributed by atoms with Crippen molar-refractivity contribution in [3.05, 3.63) is 30.0 Å². The number of carbonyl (C=O) groups excluding carboxylic acids is 1. The maximum absolute atomic E-state index is 10.9. The zero-order valence-corrected chi connectivity index (χ0v) is 8.78. The average molecular weight is 214 g/mol. The zero-order valence-electron chi connectivity index (χ0n) is 8.78. The smallest absolute Gasteiger partial charge is 0.317 e. The summed E-state index contributed by atoms with van der Waals surface area (Å²) in [4.78, 5) is 10.9. The number of hydrogen-bond acceptors (Lipinski definition) is 3. The standard InChI is InChI=1S/C12H10N2O2/c1-16-11(15)7-3-5-9-4-2-6-10-8-13-14-12(9)10/h2,4,6,8H,7H2,1H3,(H,13,14). The minimum Gasteiger partial charge on any atom is -0.468 e. The molecule has 1 aromatic carbocycles. The molecule has 0 amide bonds. The van der Waals surface area contributed by atoms with Crippen molar-refractivity contribution in [1.29, 1.82) is 0 Å². The number of aromatic amines is 1. The van der Waals surface area contributed by atoms with Crippen molar-refractivity contribution >= 4 is 16.9 Å². The molecule has 0 saturated heterocycles. The van der Waals surface area contributed by atoms with E-state index in [2.05, 4.69) is 26.8 Å². The molecule has 0 aliphatic rings. The first-order chi connectivity index (χ1) is 7.81. The Balaban J connectivity index is 2.27. The van der Waals surface area contributed by atoms with E-state index in [0.29, 0.717) is 0 Å². The summed E-state index contributed by atoms with van der Waals surface area (Å²) < 4.78 is 4.50. The van der Waals surface area contributed by atoms with Crippen molar-refractivity contribution in [2.75, 3.05) is 7.11 Å². The first-order valence-electron chi connectivity index (χ1n) is 4.79. The molecule has 0 bridgehead atoms. The van der Waals surface area contributed by atoms with Crippen LogP contribution in [0.2, 0.25) is 0 Å². The van der Waals surface area contributed by atoms with Crippen LogP contribution in [0.5, 0.6) is 0 Å². The van der Waals surface area contributed by atoms with Gasteiger partial charge in [0, 0.05) is 5.39 Å². The van der Waals surface area contributed by atoms with Crippen LogP contribution in [0.25, 0.3) is 10.9 Å². The van der Waals surface area contributed by atoms with Crippen LogP contribution < -0.4 is 0 Å². The lowest BCUT2D eigenvalue weighted by atomic mass is 10.1. The van der Waals surface area contributed by atoms with Crippen LogP contribution in [0.15, 0.2) is 24.4 Å². The minimum atomic E-state index is -0.329. The molecule has 0 aliphatic carbocycles. The Kier molecular flexibility index (Phi) is 2.88. The first-order valence-corrected chi connectivity index (χ1v) is 4.79. The molecule has 0 saturated carbocycles. The van der Waals surface area contributed by atoms with Crippen molar-refractivity contribution in [2.24, 2.45) is 0 Å². The van der Waals surface area contributed by atoms with Gasteiger partial charge in [-0.15, -0.1) is 0 Å². The number of rotatable bonds is 1. The van der Waals surface area contributed by atoms with E-state index in [0.717, 1.165) is 16.5 Å². The second-order valence-corrected chi connectivity index (χ2v) is 3.19. The number of aromatic nitrogens is 2. The van der Waals surface area contributed by atoms with Gasteiger partial charge in [0.2, 0.25) is 0 Å². The quantitative estimate of drug-likeness (QED) is 0.577. The van der Waals surface area contributed by atoms with E-state index in [-0.39, 0.29) is 12.4 Å². The van der Waals surface area contributed by atoms with Gasteiger partial charge in [0.25, 0.3) is 0 Å². The average Bonchev–Trinajstić information content (AvgIpc) is 2.77. The Hall–Kier alpha value is -2.28. The van der Waals surface area contributed by atoms with Crippen molar-refractivity contribution in [2.45, 2.75) is 6.42 Å². The van der Waals surface area contributed by atoms with E-state index in [1.807, 2.05) is 18.2 Å². The fourth-order valence-corrected chi connectivity index (χ4v) is 1.36. The van der Waals surface area contributed by atoms with Gasteiger partial charge < -0.3 is 4.74 Å². The molecule has 0 radical (unpaired) electrons. The molecular weight excluding hydrogens is 204 g/mol. The third-order valence-electron chi connectivity index (χ3n) is 2.16. The van der Waals surface area contributed by atoms with Gasteiger partial charge in [0.15, 0.2) is 0 Å². The van der Waals surface area contributed by atoms with Gasteiger partial charge in [-0.3, -0.25) is 9.89 Å². The third kappa shape index (κ3) is 2.04. The summed E-state index contributed by atoms with van der Waals surface area (Å²) in [5.41, 5.74) is 1.72. The topological polar surface area (TPSA) is 55.0 Å². The number of esters is 1. The fraction of sp³-hybridized carbons (Fsp3) is 0.167. The minimum absolute atomic E-state index is 0.0982. The number of para-hydroxylation sites is 1. The predicted octanol–water partition coefficient (Wildman–Crippen LogP) is 1.48. The summed E-state index contributed by atoms with van der Waals surface area (Å²) in [6.07, 6.45) is 1.84. The highest BCUT2D eigenvalue weighted by Crippen LogP contribution is 2.14. The maximum atomic E-state index is 10.9.